The van der Waals surface area contributed by atoms with Crippen LogP contribution < -0.4 is 4.74 Å². The van der Waals surface area contributed by atoms with Crippen LogP contribution in [0.25, 0.3) is 0 Å². The van der Waals surface area contributed by atoms with Crippen LogP contribution in [0.15, 0.2) is 18.2 Å². The van der Waals surface area contributed by atoms with Gasteiger partial charge in [0, 0.05) is 5.56 Å². The molecule has 0 N–H and O–H groups in total. The Morgan fingerprint density at radius 3 is 2.24 bits per heavy atom. The molecule has 4 nitrogen and oxygen atoms in total. The summed E-state index contributed by atoms with van der Waals surface area (Å²) >= 11 is 6.06. The molecule has 1 aromatic rings. The van der Waals surface area contributed by atoms with Crippen molar-refractivity contribution in [3.8, 4) is 5.75 Å². The molecular weight excluding hydrogens is 340 g/mol. The molecule has 0 spiro atoms. The smallest absolute Gasteiger partial charge is 0.312 e. The van der Waals surface area contributed by atoms with Gasteiger partial charge in [-0.05, 0) is 74.5 Å². The number of benzene rings is 1. The average molecular weight is 363 g/mol. The number of hydrogen-bond acceptors (Lipinski definition) is 4. The van der Waals surface area contributed by atoms with Crippen LogP contribution in [-0.2, 0) is 9.53 Å². The summed E-state index contributed by atoms with van der Waals surface area (Å²) in [6.45, 7) is -0.219. The number of ketones is 1. The van der Waals surface area contributed by atoms with E-state index in [9.17, 15) is 9.59 Å². The minimum absolute atomic E-state index is 0.167. The highest BCUT2D eigenvalue weighted by Gasteiger charge is 2.55. The Bertz CT molecular complexity index is 676. The molecule has 0 saturated heterocycles. The maximum absolute atomic E-state index is 12.8. The first-order chi connectivity index (χ1) is 12.0. The van der Waals surface area contributed by atoms with E-state index in [1.165, 1.54) is 26.4 Å². The van der Waals surface area contributed by atoms with Crippen molar-refractivity contribution in [2.45, 2.75) is 38.5 Å². The number of esters is 1. The zero-order valence-corrected chi connectivity index (χ0v) is 15.2. The molecule has 0 radical (unpaired) electrons. The maximum Gasteiger partial charge on any atom is 0.312 e. The molecule has 4 bridgehead atoms. The Morgan fingerprint density at radius 2 is 1.72 bits per heavy atom. The van der Waals surface area contributed by atoms with Crippen molar-refractivity contribution in [2.75, 3.05) is 13.7 Å². The summed E-state index contributed by atoms with van der Waals surface area (Å²) in [6.07, 6.45) is 6.66. The Morgan fingerprint density at radius 1 is 1.12 bits per heavy atom. The second-order valence-electron chi connectivity index (χ2n) is 8.05. The van der Waals surface area contributed by atoms with E-state index in [-0.39, 0.29) is 23.8 Å². The molecule has 0 aliphatic heterocycles. The predicted molar refractivity (Wildman–Crippen MR) is 93.9 cm³/mol. The molecule has 4 fully saturated rings. The summed E-state index contributed by atoms with van der Waals surface area (Å²) in [5, 5.41) is 0.376. The number of rotatable bonds is 5. The first-order valence-electron chi connectivity index (χ1n) is 9.03. The number of hydrogen-bond donors (Lipinski definition) is 0. The normalized spacial score (nSPS) is 32.5. The monoisotopic (exact) mass is 362 g/mol. The third-order valence-corrected chi connectivity index (χ3v) is 6.57. The Balaban J connectivity index is 1.40. The van der Waals surface area contributed by atoms with Crippen molar-refractivity contribution in [1.82, 2.24) is 0 Å². The van der Waals surface area contributed by atoms with Gasteiger partial charge in [0.1, 0.15) is 5.75 Å². The van der Waals surface area contributed by atoms with Gasteiger partial charge in [0.05, 0.1) is 17.5 Å². The van der Waals surface area contributed by atoms with Crippen LogP contribution in [0.2, 0.25) is 5.02 Å². The highest BCUT2D eigenvalue weighted by Crippen LogP contribution is 2.60. The number of halogens is 1. The maximum atomic E-state index is 12.8. The molecule has 134 valence electrons. The number of carbonyl (C=O) groups excluding carboxylic acids is 2. The summed E-state index contributed by atoms with van der Waals surface area (Å²) in [4.78, 5) is 25.1. The molecule has 4 aliphatic carbocycles. The van der Waals surface area contributed by atoms with Crippen LogP contribution in [0.1, 0.15) is 48.9 Å². The SMILES string of the molecule is COc1ccc(C(=O)COC(=O)C23CC4CC(CC(C4)C2)C3)cc1Cl. The number of methoxy groups -OCH3 is 1. The van der Waals surface area contributed by atoms with Gasteiger partial charge in [0.25, 0.3) is 0 Å². The molecule has 0 amide bonds. The largest absolute Gasteiger partial charge is 0.495 e. The molecule has 5 heteroatoms. The average Bonchev–Trinajstić information content (AvgIpc) is 2.58. The lowest BCUT2D eigenvalue weighted by Gasteiger charge is -2.55. The van der Waals surface area contributed by atoms with Crippen molar-refractivity contribution in [2.24, 2.45) is 23.2 Å². The zero-order chi connectivity index (χ0) is 17.6. The first-order valence-corrected chi connectivity index (χ1v) is 9.41. The van der Waals surface area contributed by atoms with Crippen LogP contribution in [0.5, 0.6) is 5.75 Å². The quantitative estimate of drug-likeness (QED) is 0.579. The first kappa shape index (κ1) is 16.9. The third-order valence-electron chi connectivity index (χ3n) is 6.28. The lowest BCUT2D eigenvalue weighted by atomic mass is 9.49. The van der Waals surface area contributed by atoms with E-state index >= 15 is 0 Å². The van der Waals surface area contributed by atoms with E-state index in [2.05, 4.69) is 0 Å². The Kier molecular flexibility index (Phi) is 4.27. The standard InChI is InChI=1S/C20H23ClO4/c1-24-18-3-2-15(7-16(18)21)17(22)11-25-19(23)20-8-12-4-13(9-20)6-14(5-12)10-20/h2-3,7,12-14H,4-6,8-11H2,1H3. The number of carbonyl (C=O) groups is 2. The van der Waals surface area contributed by atoms with E-state index in [1.54, 1.807) is 18.2 Å². The van der Waals surface area contributed by atoms with Gasteiger partial charge in [-0.15, -0.1) is 0 Å². The molecule has 1 aromatic carbocycles. The minimum atomic E-state index is -0.327. The third kappa shape index (κ3) is 3.05. The molecule has 25 heavy (non-hydrogen) atoms. The molecule has 4 aliphatic rings. The van der Waals surface area contributed by atoms with Crippen molar-refractivity contribution in [1.29, 1.82) is 0 Å². The van der Waals surface area contributed by atoms with Crippen LogP contribution >= 0.6 is 11.6 Å². The molecule has 4 saturated carbocycles. The van der Waals surface area contributed by atoms with Crippen LogP contribution in [0, 0.1) is 23.2 Å². The van der Waals surface area contributed by atoms with Crippen LogP contribution in [-0.4, -0.2) is 25.5 Å². The van der Waals surface area contributed by atoms with Gasteiger partial charge < -0.3 is 9.47 Å². The fraction of sp³-hybridized carbons (Fsp3) is 0.600. The Labute approximate surface area is 152 Å². The van der Waals surface area contributed by atoms with Gasteiger partial charge in [0.15, 0.2) is 12.4 Å². The van der Waals surface area contributed by atoms with Crippen molar-refractivity contribution < 1.29 is 19.1 Å². The molecular formula is C20H23ClO4. The fourth-order valence-corrected chi connectivity index (χ4v) is 5.83. The number of Topliss-reactive ketones (excluding diaryl/α,β-unsaturated/α-hetero) is 1. The minimum Gasteiger partial charge on any atom is -0.495 e. The predicted octanol–water partition coefficient (Wildman–Crippen LogP) is 4.29. The van der Waals surface area contributed by atoms with Crippen LogP contribution in [0.3, 0.4) is 0 Å². The Hall–Kier alpha value is -1.55. The zero-order valence-electron chi connectivity index (χ0n) is 14.4. The molecule has 5 rings (SSSR count). The van der Waals surface area contributed by atoms with E-state index in [4.69, 9.17) is 21.1 Å². The summed E-state index contributed by atoms with van der Waals surface area (Å²) in [5.41, 5.74) is 0.108. The van der Waals surface area contributed by atoms with Crippen molar-refractivity contribution in [3.05, 3.63) is 28.8 Å². The fourth-order valence-electron chi connectivity index (χ4n) is 5.57. The molecule has 0 heterocycles. The van der Waals surface area contributed by atoms with Crippen molar-refractivity contribution >= 4 is 23.4 Å². The van der Waals surface area contributed by atoms with E-state index in [0.29, 0.717) is 34.1 Å². The molecule has 0 unspecified atom stereocenters. The second-order valence-corrected chi connectivity index (χ2v) is 8.45. The second kappa shape index (κ2) is 6.31. The molecule has 0 aromatic heterocycles. The van der Waals surface area contributed by atoms with E-state index < -0.39 is 0 Å². The van der Waals surface area contributed by atoms with E-state index in [0.717, 1.165) is 19.3 Å². The highest BCUT2D eigenvalue weighted by atomic mass is 35.5. The van der Waals surface area contributed by atoms with Gasteiger partial charge in [-0.25, -0.2) is 0 Å². The molecule has 0 atom stereocenters. The van der Waals surface area contributed by atoms with Gasteiger partial charge in [-0.3, -0.25) is 9.59 Å². The lowest BCUT2D eigenvalue weighted by molar-refractivity contribution is -0.170. The summed E-state index contributed by atoms with van der Waals surface area (Å²) in [6, 6.07) is 4.85. The van der Waals surface area contributed by atoms with E-state index in [1.807, 2.05) is 0 Å². The van der Waals surface area contributed by atoms with Gasteiger partial charge in [-0.2, -0.15) is 0 Å². The topological polar surface area (TPSA) is 52.6 Å². The summed E-state index contributed by atoms with van der Waals surface area (Å²) in [5.74, 6) is 2.14. The van der Waals surface area contributed by atoms with Crippen LogP contribution in [0.4, 0.5) is 0 Å². The van der Waals surface area contributed by atoms with Gasteiger partial charge >= 0.3 is 5.97 Å². The van der Waals surface area contributed by atoms with Gasteiger partial charge in [-0.1, -0.05) is 11.6 Å². The summed E-state index contributed by atoms with van der Waals surface area (Å²) in [7, 11) is 1.52. The number of ether oxygens (including phenoxy) is 2. The summed E-state index contributed by atoms with van der Waals surface area (Å²) < 4.78 is 10.6. The van der Waals surface area contributed by atoms with Gasteiger partial charge in [0.2, 0.25) is 0 Å². The highest BCUT2D eigenvalue weighted by molar-refractivity contribution is 6.32. The lowest BCUT2D eigenvalue weighted by Crippen LogP contribution is -2.50. The van der Waals surface area contributed by atoms with Crippen molar-refractivity contribution in [3.63, 3.8) is 0 Å².